The SMILES string of the molecule is COc1ccc(N2CC(C(=O)NNC(=O)c3ccc4ccccc4n3)CC2=O)cc1. The number of carbonyl (C=O) groups is 3. The minimum atomic E-state index is -0.565. The van der Waals surface area contributed by atoms with E-state index in [1.807, 2.05) is 24.3 Å². The van der Waals surface area contributed by atoms with Crippen molar-refractivity contribution in [1.29, 1.82) is 0 Å². The van der Waals surface area contributed by atoms with Gasteiger partial charge < -0.3 is 9.64 Å². The smallest absolute Gasteiger partial charge is 0.288 e. The Hall–Kier alpha value is -3.94. The number of carbonyl (C=O) groups excluding carboxylic acids is 3. The molecule has 1 aromatic heterocycles. The van der Waals surface area contributed by atoms with E-state index in [4.69, 9.17) is 4.74 Å². The summed E-state index contributed by atoms with van der Waals surface area (Å²) in [5, 5.41) is 0.918. The number of para-hydroxylation sites is 1. The highest BCUT2D eigenvalue weighted by Crippen LogP contribution is 2.26. The van der Waals surface area contributed by atoms with Gasteiger partial charge in [-0.05, 0) is 36.4 Å². The van der Waals surface area contributed by atoms with Gasteiger partial charge >= 0.3 is 0 Å². The van der Waals surface area contributed by atoms with Gasteiger partial charge in [-0.1, -0.05) is 24.3 Å². The molecule has 0 saturated carbocycles. The van der Waals surface area contributed by atoms with Crippen molar-refractivity contribution in [2.24, 2.45) is 5.92 Å². The molecule has 1 aliphatic rings. The Labute approximate surface area is 172 Å². The minimum absolute atomic E-state index is 0.0714. The third kappa shape index (κ3) is 3.93. The lowest BCUT2D eigenvalue weighted by Gasteiger charge is -2.17. The molecule has 2 N–H and O–H groups in total. The van der Waals surface area contributed by atoms with Gasteiger partial charge in [0, 0.05) is 24.0 Å². The molecule has 1 unspecified atom stereocenters. The van der Waals surface area contributed by atoms with Gasteiger partial charge in [-0.25, -0.2) is 4.98 Å². The van der Waals surface area contributed by atoms with Crippen LogP contribution in [0.15, 0.2) is 60.7 Å². The van der Waals surface area contributed by atoms with Gasteiger partial charge in [0.25, 0.3) is 5.91 Å². The number of anilines is 1. The average Bonchev–Trinajstić information content (AvgIpc) is 3.18. The van der Waals surface area contributed by atoms with Gasteiger partial charge in [0.15, 0.2) is 0 Å². The number of pyridine rings is 1. The van der Waals surface area contributed by atoms with Crippen LogP contribution in [0.25, 0.3) is 10.9 Å². The number of amides is 3. The van der Waals surface area contributed by atoms with Crippen LogP contribution in [0.4, 0.5) is 5.69 Å². The second-order valence-corrected chi connectivity index (χ2v) is 6.94. The Bertz CT molecular complexity index is 1110. The topological polar surface area (TPSA) is 101 Å². The number of methoxy groups -OCH3 is 1. The van der Waals surface area contributed by atoms with Gasteiger partial charge in [-0.3, -0.25) is 25.2 Å². The lowest BCUT2D eigenvalue weighted by Crippen LogP contribution is -2.45. The van der Waals surface area contributed by atoms with E-state index in [2.05, 4.69) is 15.8 Å². The summed E-state index contributed by atoms with van der Waals surface area (Å²) >= 11 is 0. The summed E-state index contributed by atoms with van der Waals surface area (Å²) in [5.41, 5.74) is 6.36. The van der Waals surface area contributed by atoms with Gasteiger partial charge in [-0.15, -0.1) is 0 Å². The summed E-state index contributed by atoms with van der Waals surface area (Å²) < 4.78 is 5.12. The van der Waals surface area contributed by atoms with E-state index in [1.165, 1.54) is 0 Å². The number of rotatable bonds is 4. The second-order valence-electron chi connectivity index (χ2n) is 6.94. The fraction of sp³-hybridized carbons (Fsp3) is 0.182. The van der Waals surface area contributed by atoms with Gasteiger partial charge in [0.2, 0.25) is 11.8 Å². The molecule has 8 nitrogen and oxygen atoms in total. The third-order valence-electron chi connectivity index (χ3n) is 5.01. The maximum atomic E-state index is 12.5. The van der Waals surface area contributed by atoms with Crippen molar-refractivity contribution in [1.82, 2.24) is 15.8 Å². The molecular formula is C22H20N4O4. The van der Waals surface area contributed by atoms with Crippen LogP contribution in [0.5, 0.6) is 5.75 Å². The Morgan fingerprint density at radius 2 is 1.80 bits per heavy atom. The first-order valence-electron chi connectivity index (χ1n) is 9.45. The molecule has 2 heterocycles. The summed E-state index contributed by atoms with van der Waals surface area (Å²) in [7, 11) is 1.57. The Balaban J connectivity index is 1.36. The number of hydrogen-bond acceptors (Lipinski definition) is 5. The number of aromatic nitrogens is 1. The number of hydrogen-bond donors (Lipinski definition) is 2. The highest BCUT2D eigenvalue weighted by Gasteiger charge is 2.35. The minimum Gasteiger partial charge on any atom is -0.497 e. The first-order valence-corrected chi connectivity index (χ1v) is 9.45. The average molecular weight is 404 g/mol. The monoisotopic (exact) mass is 404 g/mol. The van der Waals surface area contributed by atoms with Crippen LogP contribution in [0.1, 0.15) is 16.9 Å². The van der Waals surface area contributed by atoms with Gasteiger partial charge in [0.05, 0.1) is 18.5 Å². The number of ether oxygens (including phenoxy) is 1. The highest BCUT2D eigenvalue weighted by atomic mass is 16.5. The van der Waals surface area contributed by atoms with Crippen LogP contribution >= 0.6 is 0 Å². The molecule has 0 radical (unpaired) electrons. The molecule has 30 heavy (non-hydrogen) atoms. The van der Waals surface area contributed by atoms with E-state index in [1.54, 1.807) is 48.4 Å². The van der Waals surface area contributed by atoms with Crippen molar-refractivity contribution >= 4 is 34.3 Å². The maximum Gasteiger partial charge on any atom is 0.288 e. The molecular weight excluding hydrogens is 384 g/mol. The lowest BCUT2D eigenvalue weighted by atomic mass is 10.1. The number of benzene rings is 2. The molecule has 0 aliphatic carbocycles. The van der Waals surface area contributed by atoms with Crippen molar-refractivity contribution in [3.8, 4) is 5.75 Å². The third-order valence-corrected chi connectivity index (χ3v) is 5.01. The molecule has 2 aromatic carbocycles. The number of hydrazine groups is 1. The van der Waals surface area contributed by atoms with E-state index < -0.39 is 17.7 Å². The summed E-state index contributed by atoms with van der Waals surface area (Å²) in [5.74, 6) is -0.976. The molecule has 3 aromatic rings. The number of nitrogens with zero attached hydrogens (tertiary/aromatic N) is 2. The standard InChI is InChI=1S/C22H20N4O4/c1-30-17-9-7-16(8-10-17)26-13-15(12-20(26)27)21(28)24-25-22(29)19-11-6-14-4-2-3-5-18(14)23-19/h2-11,15H,12-13H2,1H3,(H,24,28)(H,25,29). The fourth-order valence-electron chi connectivity index (χ4n) is 3.37. The molecule has 4 rings (SSSR count). The van der Waals surface area contributed by atoms with Gasteiger partial charge in [0.1, 0.15) is 11.4 Å². The van der Waals surface area contributed by atoms with Crippen molar-refractivity contribution in [3.63, 3.8) is 0 Å². The molecule has 1 aliphatic heterocycles. The Morgan fingerprint density at radius 1 is 1.03 bits per heavy atom. The van der Waals surface area contributed by atoms with Crippen LogP contribution in [-0.2, 0) is 9.59 Å². The summed E-state index contributed by atoms with van der Waals surface area (Å²) in [6.45, 7) is 0.237. The molecule has 3 amide bonds. The molecule has 0 spiro atoms. The predicted octanol–water partition coefficient (Wildman–Crippen LogP) is 2.06. The lowest BCUT2D eigenvalue weighted by molar-refractivity contribution is -0.126. The molecule has 1 fully saturated rings. The number of fused-ring (bicyclic) bond motifs is 1. The van der Waals surface area contributed by atoms with E-state index in [0.717, 1.165) is 5.39 Å². The van der Waals surface area contributed by atoms with E-state index >= 15 is 0 Å². The first kappa shape index (κ1) is 19.4. The second kappa shape index (κ2) is 8.20. The van der Waals surface area contributed by atoms with E-state index in [-0.39, 0.29) is 24.6 Å². The van der Waals surface area contributed by atoms with Crippen LogP contribution in [-0.4, -0.2) is 36.4 Å². The molecule has 152 valence electrons. The van der Waals surface area contributed by atoms with Crippen molar-refractivity contribution in [2.75, 3.05) is 18.6 Å². The molecule has 8 heteroatoms. The Kier molecular flexibility index (Phi) is 5.30. The zero-order chi connectivity index (χ0) is 21.1. The first-order chi connectivity index (χ1) is 14.5. The van der Waals surface area contributed by atoms with Gasteiger partial charge in [-0.2, -0.15) is 0 Å². The maximum absolute atomic E-state index is 12.5. The summed E-state index contributed by atoms with van der Waals surface area (Å²) in [6, 6.07) is 17.9. The van der Waals surface area contributed by atoms with Crippen LogP contribution in [0, 0.1) is 5.92 Å². The Morgan fingerprint density at radius 3 is 2.57 bits per heavy atom. The van der Waals surface area contributed by atoms with Crippen LogP contribution in [0.2, 0.25) is 0 Å². The van der Waals surface area contributed by atoms with Crippen molar-refractivity contribution in [2.45, 2.75) is 6.42 Å². The molecule has 1 saturated heterocycles. The van der Waals surface area contributed by atoms with Crippen LogP contribution < -0.4 is 20.5 Å². The van der Waals surface area contributed by atoms with E-state index in [0.29, 0.717) is 17.0 Å². The normalized spacial score (nSPS) is 15.8. The predicted molar refractivity (Wildman–Crippen MR) is 111 cm³/mol. The summed E-state index contributed by atoms with van der Waals surface area (Å²) in [6.07, 6.45) is 0.0714. The fourth-order valence-corrected chi connectivity index (χ4v) is 3.37. The highest BCUT2D eigenvalue weighted by molar-refractivity contribution is 6.01. The summed E-state index contributed by atoms with van der Waals surface area (Å²) in [4.78, 5) is 43.0. The largest absolute Gasteiger partial charge is 0.497 e. The quantitative estimate of drug-likeness (QED) is 0.649. The van der Waals surface area contributed by atoms with Crippen molar-refractivity contribution in [3.05, 3.63) is 66.4 Å². The molecule has 0 bridgehead atoms. The van der Waals surface area contributed by atoms with E-state index in [9.17, 15) is 14.4 Å². The molecule has 1 atom stereocenters. The zero-order valence-electron chi connectivity index (χ0n) is 16.3. The zero-order valence-corrected chi connectivity index (χ0v) is 16.3. The van der Waals surface area contributed by atoms with Crippen molar-refractivity contribution < 1.29 is 19.1 Å². The number of nitrogens with one attached hydrogen (secondary N) is 2. The van der Waals surface area contributed by atoms with Crippen LogP contribution in [0.3, 0.4) is 0 Å².